The summed E-state index contributed by atoms with van der Waals surface area (Å²) in [6.07, 6.45) is 3.06. The largest absolute Gasteiger partial charge is 0.494 e. The number of carbonyl (C=O) groups is 1. The number of carbonyl (C=O) groups excluding carboxylic acids is 1. The minimum Gasteiger partial charge on any atom is -0.494 e. The Balaban J connectivity index is 2.15. The zero-order valence-electron chi connectivity index (χ0n) is 11.5. The molecule has 0 aliphatic carbocycles. The Labute approximate surface area is 132 Å². The third-order valence-corrected chi connectivity index (χ3v) is 3.62. The molecule has 1 amide bonds. The van der Waals surface area contributed by atoms with Gasteiger partial charge in [0.25, 0.3) is 0 Å². The van der Waals surface area contributed by atoms with Crippen molar-refractivity contribution in [3.63, 3.8) is 0 Å². The molecule has 5 nitrogen and oxygen atoms in total. The van der Waals surface area contributed by atoms with Crippen molar-refractivity contribution in [2.45, 2.75) is 6.42 Å². The molecule has 0 aliphatic rings. The van der Waals surface area contributed by atoms with Gasteiger partial charge in [-0.3, -0.25) is 9.69 Å². The van der Waals surface area contributed by atoms with Crippen LogP contribution in [0.15, 0.2) is 30.6 Å². The van der Waals surface area contributed by atoms with Crippen LogP contribution in [0.2, 0.25) is 10.0 Å². The summed E-state index contributed by atoms with van der Waals surface area (Å²) in [6.45, 7) is 0. The Morgan fingerprint density at radius 1 is 1.24 bits per heavy atom. The molecule has 0 saturated carbocycles. The van der Waals surface area contributed by atoms with Crippen molar-refractivity contribution in [3.8, 4) is 5.75 Å². The van der Waals surface area contributed by atoms with E-state index in [2.05, 4.69) is 9.97 Å². The van der Waals surface area contributed by atoms with Gasteiger partial charge in [-0.05, 0) is 17.7 Å². The minimum atomic E-state index is -0.213. The van der Waals surface area contributed by atoms with E-state index < -0.39 is 0 Å². The summed E-state index contributed by atoms with van der Waals surface area (Å²) < 4.78 is 4.97. The van der Waals surface area contributed by atoms with Crippen molar-refractivity contribution < 1.29 is 9.53 Å². The molecule has 1 aromatic carbocycles. The van der Waals surface area contributed by atoms with Crippen LogP contribution in [0.25, 0.3) is 0 Å². The van der Waals surface area contributed by atoms with Crippen molar-refractivity contribution in [2.75, 3.05) is 19.1 Å². The highest BCUT2D eigenvalue weighted by molar-refractivity contribution is 6.36. The number of ether oxygens (including phenoxy) is 1. The Bertz CT molecular complexity index is 627. The standard InChI is InChI=1S/C14H13Cl2N3O2/c1-19(14-17-7-9(21-2)8-18-14)13(20)6-10-11(15)4-3-5-12(10)16/h3-5,7-8H,6H2,1-2H3. The number of methoxy groups -OCH3 is 1. The Morgan fingerprint density at radius 2 is 1.81 bits per heavy atom. The van der Waals surface area contributed by atoms with Crippen LogP contribution in [0.5, 0.6) is 5.75 Å². The van der Waals surface area contributed by atoms with Gasteiger partial charge in [0.15, 0.2) is 5.75 Å². The monoisotopic (exact) mass is 325 g/mol. The number of anilines is 1. The van der Waals surface area contributed by atoms with Gasteiger partial charge in [-0.25, -0.2) is 9.97 Å². The second kappa shape index (κ2) is 6.74. The molecule has 21 heavy (non-hydrogen) atoms. The first-order valence-electron chi connectivity index (χ1n) is 6.08. The van der Waals surface area contributed by atoms with Gasteiger partial charge in [0.2, 0.25) is 11.9 Å². The van der Waals surface area contributed by atoms with Gasteiger partial charge < -0.3 is 4.74 Å². The van der Waals surface area contributed by atoms with E-state index in [-0.39, 0.29) is 18.3 Å². The van der Waals surface area contributed by atoms with Crippen molar-refractivity contribution in [1.29, 1.82) is 0 Å². The summed E-state index contributed by atoms with van der Waals surface area (Å²) in [6, 6.07) is 5.12. The van der Waals surface area contributed by atoms with E-state index in [0.29, 0.717) is 21.4 Å². The molecule has 1 aromatic heterocycles. The predicted octanol–water partition coefficient (Wildman–Crippen LogP) is 3.00. The van der Waals surface area contributed by atoms with Gasteiger partial charge in [-0.15, -0.1) is 0 Å². The molecule has 0 aliphatic heterocycles. The van der Waals surface area contributed by atoms with Crippen LogP contribution >= 0.6 is 23.2 Å². The molecule has 0 fully saturated rings. The number of nitrogens with zero attached hydrogens (tertiary/aromatic N) is 3. The lowest BCUT2D eigenvalue weighted by atomic mass is 10.1. The number of rotatable bonds is 4. The molecule has 0 radical (unpaired) electrons. The number of hydrogen-bond donors (Lipinski definition) is 0. The van der Waals surface area contributed by atoms with Gasteiger partial charge >= 0.3 is 0 Å². The predicted molar refractivity (Wildman–Crippen MR) is 82.2 cm³/mol. The number of amides is 1. The Hall–Kier alpha value is -1.85. The number of benzene rings is 1. The van der Waals surface area contributed by atoms with E-state index >= 15 is 0 Å². The molecule has 0 saturated heterocycles. The highest BCUT2D eigenvalue weighted by Gasteiger charge is 2.17. The fraction of sp³-hybridized carbons (Fsp3) is 0.214. The number of hydrogen-bond acceptors (Lipinski definition) is 4. The molecule has 2 rings (SSSR count). The van der Waals surface area contributed by atoms with Crippen LogP contribution < -0.4 is 9.64 Å². The third kappa shape index (κ3) is 3.62. The first-order valence-corrected chi connectivity index (χ1v) is 6.84. The lowest BCUT2D eigenvalue weighted by molar-refractivity contribution is -0.117. The van der Waals surface area contributed by atoms with E-state index in [1.165, 1.54) is 24.4 Å². The molecule has 1 heterocycles. The first kappa shape index (κ1) is 15.5. The zero-order chi connectivity index (χ0) is 15.4. The van der Waals surface area contributed by atoms with Crippen LogP contribution in [0.3, 0.4) is 0 Å². The van der Waals surface area contributed by atoms with Gasteiger partial charge in [0.05, 0.1) is 25.9 Å². The van der Waals surface area contributed by atoms with Crippen molar-refractivity contribution in [3.05, 3.63) is 46.2 Å². The van der Waals surface area contributed by atoms with Crippen LogP contribution in [0.1, 0.15) is 5.56 Å². The molecule has 0 unspecified atom stereocenters. The topological polar surface area (TPSA) is 55.3 Å². The van der Waals surface area contributed by atoms with Crippen LogP contribution in [0.4, 0.5) is 5.95 Å². The molecule has 0 N–H and O–H groups in total. The molecule has 2 aromatic rings. The van der Waals surface area contributed by atoms with Gasteiger partial charge in [-0.1, -0.05) is 29.3 Å². The van der Waals surface area contributed by atoms with Gasteiger partial charge in [0, 0.05) is 17.1 Å². The summed E-state index contributed by atoms with van der Waals surface area (Å²) in [7, 11) is 3.11. The minimum absolute atomic E-state index is 0.0738. The van der Waals surface area contributed by atoms with Crippen molar-refractivity contribution in [1.82, 2.24) is 9.97 Å². The van der Waals surface area contributed by atoms with Crippen molar-refractivity contribution in [2.24, 2.45) is 0 Å². The third-order valence-electron chi connectivity index (χ3n) is 2.91. The van der Waals surface area contributed by atoms with E-state index in [0.717, 1.165) is 0 Å². The summed E-state index contributed by atoms with van der Waals surface area (Å²) >= 11 is 12.1. The quantitative estimate of drug-likeness (QED) is 0.867. The molecular formula is C14H13Cl2N3O2. The average Bonchev–Trinajstić information content (AvgIpc) is 2.50. The smallest absolute Gasteiger partial charge is 0.233 e. The number of likely N-dealkylation sites (N-methyl/N-ethyl adjacent to an activating group) is 1. The molecule has 0 bridgehead atoms. The van der Waals surface area contributed by atoms with E-state index in [4.69, 9.17) is 27.9 Å². The lowest BCUT2D eigenvalue weighted by Crippen LogP contribution is -2.29. The normalized spacial score (nSPS) is 10.3. The maximum absolute atomic E-state index is 12.3. The van der Waals surface area contributed by atoms with E-state index in [1.807, 2.05) is 0 Å². The molecular weight excluding hydrogens is 313 g/mol. The second-order valence-electron chi connectivity index (χ2n) is 4.25. The van der Waals surface area contributed by atoms with Crippen LogP contribution in [0, 0.1) is 0 Å². The fourth-order valence-corrected chi connectivity index (χ4v) is 2.20. The summed E-state index contributed by atoms with van der Waals surface area (Å²) in [5.74, 6) is 0.591. The number of halogens is 2. The molecule has 110 valence electrons. The van der Waals surface area contributed by atoms with Gasteiger partial charge in [0.1, 0.15) is 0 Å². The molecule has 0 spiro atoms. The van der Waals surface area contributed by atoms with Crippen LogP contribution in [-0.2, 0) is 11.2 Å². The van der Waals surface area contributed by atoms with Gasteiger partial charge in [-0.2, -0.15) is 0 Å². The maximum atomic E-state index is 12.3. The van der Waals surface area contributed by atoms with Crippen LogP contribution in [-0.4, -0.2) is 30.0 Å². The Morgan fingerprint density at radius 3 is 2.33 bits per heavy atom. The van der Waals surface area contributed by atoms with E-state index in [9.17, 15) is 4.79 Å². The maximum Gasteiger partial charge on any atom is 0.233 e. The number of aromatic nitrogens is 2. The van der Waals surface area contributed by atoms with Crippen molar-refractivity contribution >= 4 is 35.1 Å². The molecule has 7 heteroatoms. The average molecular weight is 326 g/mol. The highest BCUT2D eigenvalue weighted by Crippen LogP contribution is 2.25. The lowest BCUT2D eigenvalue weighted by Gasteiger charge is -2.16. The fourth-order valence-electron chi connectivity index (χ4n) is 1.67. The SMILES string of the molecule is COc1cnc(N(C)C(=O)Cc2c(Cl)cccc2Cl)nc1. The summed E-state index contributed by atoms with van der Waals surface area (Å²) in [4.78, 5) is 21.7. The second-order valence-corrected chi connectivity index (χ2v) is 5.07. The zero-order valence-corrected chi connectivity index (χ0v) is 13.0. The Kier molecular flexibility index (Phi) is 4.98. The van der Waals surface area contributed by atoms with E-state index in [1.54, 1.807) is 25.2 Å². The molecule has 0 atom stereocenters. The first-order chi connectivity index (χ1) is 10.0. The summed E-state index contributed by atoms with van der Waals surface area (Å²) in [5.41, 5.74) is 0.589. The highest BCUT2D eigenvalue weighted by atomic mass is 35.5. The summed E-state index contributed by atoms with van der Waals surface area (Å²) in [5, 5.41) is 0.916.